The number of aromatic nitrogens is 2. The lowest BCUT2D eigenvalue weighted by Gasteiger charge is -2.03. The zero-order valence-electron chi connectivity index (χ0n) is 10.9. The maximum atomic E-state index is 5.56. The van der Waals surface area contributed by atoms with Gasteiger partial charge in [-0.05, 0) is 25.3 Å². The molecular formula is C14H17N3O2. The molecule has 0 unspecified atom stereocenters. The first-order chi connectivity index (χ1) is 9.31. The van der Waals surface area contributed by atoms with Gasteiger partial charge in [0.25, 0.3) is 0 Å². The quantitative estimate of drug-likeness (QED) is 0.914. The van der Waals surface area contributed by atoms with Crippen LogP contribution in [0.3, 0.4) is 0 Å². The van der Waals surface area contributed by atoms with Crippen molar-refractivity contribution in [1.82, 2.24) is 10.2 Å². The van der Waals surface area contributed by atoms with E-state index in [1.54, 1.807) is 0 Å². The van der Waals surface area contributed by atoms with Gasteiger partial charge >= 0.3 is 6.01 Å². The van der Waals surface area contributed by atoms with E-state index in [1.807, 2.05) is 6.07 Å². The van der Waals surface area contributed by atoms with E-state index in [-0.39, 0.29) is 6.10 Å². The summed E-state index contributed by atoms with van der Waals surface area (Å²) in [5.41, 5.74) is 2.43. The Bertz CT molecular complexity index is 547. The molecule has 1 saturated heterocycles. The van der Waals surface area contributed by atoms with Crippen LogP contribution in [-0.2, 0) is 11.3 Å². The topological polar surface area (TPSA) is 60.2 Å². The van der Waals surface area contributed by atoms with Crippen LogP contribution in [-0.4, -0.2) is 16.8 Å². The highest BCUT2D eigenvalue weighted by atomic mass is 16.5. The summed E-state index contributed by atoms with van der Waals surface area (Å²) in [4.78, 5) is 0. The number of nitrogens with zero attached hydrogens (tertiary/aromatic N) is 2. The molecule has 2 heterocycles. The average Bonchev–Trinajstić information content (AvgIpc) is 3.07. The Kier molecular flexibility index (Phi) is 3.46. The van der Waals surface area contributed by atoms with Gasteiger partial charge in [0.15, 0.2) is 0 Å². The van der Waals surface area contributed by atoms with Gasteiger partial charge < -0.3 is 14.5 Å². The minimum Gasteiger partial charge on any atom is -0.405 e. The molecule has 0 saturated carbocycles. The van der Waals surface area contributed by atoms with Crippen LogP contribution in [0.4, 0.5) is 6.01 Å². The number of benzene rings is 1. The molecular weight excluding hydrogens is 242 g/mol. The second kappa shape index (κ2) is 5.40. The summed E-state index contributed by atoms with van der Waals surface area (Å²) in [5, 5.41) is 11.2. The van der Waals surface area contributed by atoms with Gasteiger partial charge in [-0.3, -0.25) is 0 Å². The third-order valence-corrected chi connectivity index (χ3v) is 3.17. The summed E-state index contributed by atoms with van der Waals surface area (Å²) in [6.45, 7) is 3.53. The molecule has 100 valence electrons. The standard InChI is InChI=1S/C14H17N3O2/c1-10-4-2-5-11(8-10)9-15-14-17-16-13(19-14)12-6-3-7-18-12/h2,4-5,8,12H,3,6-7,9H2,1H3,(H,15,17)/t12-/m0/s1. The lowest BCUT2D eigenvalue weighted by Crippen LogP contribution is -1.99. The summed E-state index contributed by atoms with van der Waals surface area (Å²) >= 11 is 0. The lowest BCUT2D eigenvalue weighted by atomic mass is 10.1. The highest BCUT2D eigenvalue weighted by Crippen LogP contribution is 2.28. The summed E-state index contributed by atoms with van der Waals surface area (Å²) in [6, 6.07) is 8.76. The average molecular weight is 259 g/mol. The van der Waals surface area contributed by atoms with Crippen molar-refractivity contribution in [2.75, 3.05) is 11.9 Å². The zero-order chi connectivity index (χ0) is 13.1. The first kappa shape index (κ1) is 12.2. The van der Waals surface area contributed by atoms with E-state index in [0.29, 0.717) is 18.5 Å². The third-order valence-electron chi connectivity index (χ3n) is 3.17. The van der Waals surface area contributed by atoms with Crippen molar-refractivity contribution in [3.05, 3.63) is 41.3 Å². The van der Waals surface area contributed by atoms with Crippen LogP contribution in [0.2, 0.25) is 0 Å². The maximum Gasteiger partial charge on any atom is 0.315 e. The summed E-state index contributed by atoms with van der Waals surface area (Å²) in [6.07, 6.45) is 1.99. The van der Waals surface area contributed by atoms with E-state index in [0.717, 1.165) is 19.4 Å². The van der Waals surface area contributed by atoms with Gasteiger partial charge in [-0.2, -0.15) is 0 Å². The fraction of sp³-hybridized carbons (Fsp3) is 0.429. The van der Waals surface area contributed by atoms with Crippen molar-refractivity contribution in [3.63, 3.8) is 0 Å². The molecule has 0 aliphatic carbocycles. The Morgan fingerprint density at radius 3 is 3.11 bits per heavy atom. The first-order valence-corrected chi connectivity index (χ1v) is 6.56. The third kappa shape index (κ3) is 2.93. The molecule has 1 aromatic heterocycles. The summed E-state index contributed by atoms with van der Waals surface area (Å²) in [7, 11) is 0. The molecule has 5 nitrogen and oxygen atoms in total. The zero-order valence-corrected chi connectivity index (χ0v) is 10.9. The van der Waals surface area contributed by atoms with E-state index >= 15 is 0 Å². The van der Waals surface area contributed by atoms with Gasteiger partial charge in [0.1, 0.15) is 6.10 Å². The molecule has 0 spiro atoms. The normalized spacial score (nSPS) is 18.7. The predicted octanol–water partition coefficient (Wildman–Crippen LogP) is 2.84. The number of nitrogens with one attached hydrogen (secondary N) is 1. The monoisotopic (exact) mass is 259 g/mol. The van der Waals surface area contributed by atoms with E-state index in [9.17, 15) is 0 Å². The van der Waals surface area contributed by atoms with Gasteiger partial charge in [-0.15, -0.1) is 5.10 Å². The van der Waals surface area contributed by atoms with E-state index in [1.165, 1.54) is 11.1 Å². The highest BCUT2D eigenvalue weighted by Gasteiger charge is 2.23. The van der Waals surface area contributed by atoms with Crippen molar-refractivity contribution in [3.8, 4) is 0 Å². The molecule has 0 bridgehead atoms. The molecule has 5 heteroatoms. The molecule has 19 heavy (non-hydrogen) atoms. The SMILES string of the molecule is Cc1cccc(CNc2nnc([C@@H]3CCCO3)o2)c1. The van der Waals surface area contributed by atoms with Crippen LogP contribution >= 0.6 is 0 Å². The van der Waals surface area contributed by atoms with Crippen molar-refractivity contribution in [2.45, 2.75) is 32.4 Å². The van der Waals surface area contributed by atoms with Gasteiger partial charge in [-0.25, -0.2) is 0 Å². The van der Waals surface area contributed by atoms with Crippen LogP contribution in [0.15, 0.2) is 28.7 Å². The van der Waals surface area contributed by atoms with Crippen molar-refractivity contribution < 1.29 is 9.15 Å². The molecule has 0 radical (unpaired) electrons. The number of anilines is 1. The van der Waals surface area contributed by atoms with E-state index in [4.69, 9.17) is 9.15 Å². The van der Waals surface area contributed by atoms with Gasteiger partial charge in [-0.1, -0.05) is 34.9 Å². The number of hydrogen-bond acceptors (Lipinski definition) is 5. The first-order valence-electron chi connectivity index (χ1n) is 6.56. The van der Waals surface area contributed by atoms with Crippen LogP contribution < -0.4 is 5.32 Å². The van der Waals surface area contributed by atoms with Crippen LogP contribution in [0.5, 0.6) is 0 Å². The predicted molar refractivity (Wildman–Crippen MR) is 70.7 cm³/mol. The maximum absolute atomic E-state index is 5.56. The minimum atomic E-state index is -0.0259. The number of aryl methyl sites for hydroxylation is 1. The highest BCUT2D eigenvalue weighted by molar-refractivity contribution is 5.27. The van der Waals surface area contributed by atoms with Crippen molar-refractivity contribution >= 4 is 6.01 Å². The van der Waals surface area contributed by atoms with Crippen molar-refractivity contribution in [1.29, 1.82) is 0 Å². The molecule has 0 amide bonds. The van der Waals surface area contributed by atoms with Crippen LogP contribution in [0.25, 0.3) is 0 Å². The second-order valence-corrected chi connectivity index (χ2v) is 4.79. The Morgan fingerprint density at radius 2 is 2.32 bits per heavy atom. The van der Waals surface area contributed by atoms with Crippen molar-refractivity contribution in [2.24, 2.45) is 0 Å². The van der Waals surface area contributed by atoms with E-state index < -0.39 is 0 Å². The molecule has 1 aliphatic rings. The van der Waals surface area contributed by atoms with Crippen LogP contribution in [0.1, 0.15) is 36.0 Å². The number of rotatable bonds is 4. The summed E-state index contributed by atoms with van der Waals surface area (Å²) < 4.78 is 11.1. The summed E-state index contributed by atoms with van der Waals surface area (Å²) in [5.74, 6) is 0.573. The smallest absolute Gasteiger partial charge is 0.315 e. The molecule has 1 aromatic carbocycles. The Morgan fingerprint density at radius 1 is 1.37 bits per heavy atom. The minimum absolute atomic E-state index is 0.0259. The van der Waals surface area contributed by atoms with Gasteiger partial charge in [0, 0.05) is 13.2 Å². The Labute approximate surface area is 112 Å². The molecule has 1 aliphatic heterocycles. The second-order valence-electron chi connectivity index (χ2n) is 4.79. The largest absolute Gasteiger partial charge is 0.405 e. The van der Waals surface area contributed by atoms with E-state index in [2.05, 4.69) is 40.6 Å². The Hall–Kier alpha value is -1.88. The Balaban J connectivity index is 1.61. The molecule has 3 rings (SSSR count). The molecule has 2 aromatic rings. The van der Waals surface area contributed by atoms with Gasteiger partial charge in [0.2, 0.25) is 5.89 Å². The molecule has 1 atom stereocenters. The van der Waals surface area contributed by atoms with Crippen LogP contribution in [0, 0.1) is 6.92 Å². The molecule has 1 fully saturated rings. The molecule has 1 N–H and O–H groups in total. The fourth-order valence-corrected chi connectivity index (χ4v) is 2.21. The number of ether oxygens (including phenoxy) is 1. The fourth-order valence-electron chi connectivity index (χ4n) is 2.21. The number of hydrogen-bond donors (Lipinski definition) is 1. The lowest BCUT2D eigenvalue weighted by molar-refractivity contribution is 0.0897. The van der Waals surface area contributed by atoms with Gasteiger partial charge in [0.05, 0.1) is 0 Å².